The van der Waals surface area contributed by atoms with Crippen molar-refractivity contribution in [3.8, 4) is 0 Å². The molecule has 1 aliphatic rings. The molecular weight excluding hydrogens is 455 g/mol. The Morgan fingerprint density at radius 1 is 1.18 bits per heavy atom. The number of unbranched alkanes of at least 4 members (excludes halogenated alkanes) is 2. The molecule has 7 heteroatoms. The number of rotatable bonds is 11. The van der Waals surface area contributed by atoms with Crippen LogP contribution in [0.1, 0.15) is 58.4 Å². The normalized spacial score (nSPS) is 17.4. The van der Waals surface area contributed by atoms with Crippen molar-refractivity contribution in [1.82, 2.24) is 15.6 Å². The van der Waals surface area contributed by atoms with E-state index in [0.717, 1.165) is 31.2 Å². The van der Waals surface area contributed by atoms with E-state index in [9.17, 15) is 13.2 Å². The fourth-order valence-electron chi connectivity index (χ4n) is 3.90. The third-order valence-electron chi connectivity index (χ3n) is 5.69. The van der Waals surface area contributed by atoms with E-state index < -0.39 is 11.7 Å². The van der Waals surface area contributed by atoms with Gasteiger partial charge in [-0.15, -0.1) is 0 Å². The number of aromatic nitrogens is 1. The van der Waals surface area contributed by atoms with Crippen molar-refractivity contribution in [3.05, 3.63) is 71.7 Å². The number of pyridine rings is 1. The van der Waals surface area contributed by atoms with Crippen LogP contribution in [0.15, 0.2) is 66.2 Å². The van der Waals surface area contributed by atoms with Crippen LogP contribution in [0.3, 0.4) is 0 Å². The number of nitrogens with one attached hydrogen (secondary N) is 2. The van der Waals surface area contributed by atoms with E-state index in [4.69, 9.17) is 0 Å². The molecule has 1 aromatic carbocycles. The Labute approximate surface area is 205 Å². The molecule has 3 nitrogen and oxygen atoms in total. The van der Waals surface area contributed by atoms with Gasteiger partial charge in [0.05, 0.1) is 0 Å². The van der Waals surface area contributed by atoms with Crippen molar-refractivity contribution in [2.75, 3.05) is 6.54 Å². The molecular formula is C27H34F3N3S. The van der Waals surface area contributed by atoms with Crippen LogP contribution in [-0.2, 0) is 0 Å². The molecule has 2 heterocycles. The summed E-state index contributed by atoms with van der Waals surface area (Å²) in [4.78, 5) is 5.47. The van der Waals surface area contributed by atoms with Gasteiger partial charge in [0.15, 0.2) is 0 Å². The number of hydrogen-bond acceptors (Lipinski definition) is 4. The maximum Gasteiger partial charge on any atom is 0.412 e. The summed E-state index contributed by atoms with van der Waals surface area (Å²) in [6.45, 7) is 6.97. The molecule has 0 radical (unpaired) electrons. The second-order valence-corrected chi connectivity index (χ2v) is 9.85. The van der Waals surface area contributed by atoms with Gasteiger partial charge in [-0.2, -0.15) is 13.2 Å². The van der Waals surface area contributed by atoms with Gasteiger partial charge in [0.1, 0.15) is 5.50 Å². The fourth-order valence-corrected chi connectivity index (χ4v) is 5.20. The first-order chi connectivity index (χ1) is 16.3. The topological polar surface area (TPSA) is 37.0 Å². The Hall–Kier alpha value is -2.25. The van der Waals surface area contributed by atoms with Crippen molar-refractivity contribution < 1.29 is 13.2 Å². The minimum Gasteiger partial charge on any atom is -0.363 e. The Bertz CT molecular complexity index is 1040. The molecule has 1 atom stereocenters. The lowest BCUT2D eigenvalue weighted by atomic mass is 10.0. The number of alkyl halides is 3. The fraction of sp³-hybridized carbons (Fsp3) is 0.444. The monoisotopic (exact) mass is 489 g/mol. The highest BCUT2D eigenvalue weighted by molar-refractivity contribution is 8.09. The number of allylic oxidation sites excluding steroid dienone is 5. The molecule has 0 bridgehead atoms. The van der Waals surface area contributed by atoms with Gasteiger partial charge < -0.3 is 5.32 Å². The lowest BCUT2D eigenvalue weighted by Gasteiger charge is -2.15. The third-order valence-corrected chi connectivity index (χ3v) is 6.90. The Morgan fingerprint density at radius 2 is 2.00 bits per heavy atom. The Kier molecular flexibility index (Phi) is 9.65. The SMILES string of the molecule is CC/C=C(\C/C=C\CCCCNC1NC(C(C)C)=C(c2ccc3cnccc3c2)S1)C(F)(F)F. The molecule has 184 valence electrons. The van der Waals surface area contributed by atoms with E-state index in [1.54, 1.807) is 24.8 Å². The van der Waals surface area contributed by atoms with Crippen LogP contribution < -0.4 is 10.6 Å². The van der Waals surface area contributed by atoms with Gasteiger partial charge in [-0.25, -0.2) is 0 Å². The summed E-state index contributed by atoms with van der Waals surface area (Å²) >= 11 is 1.81. The zero-order chi connectivity index (χ0) is 24.6. The van der Waals surface area contributed by atoms with Crippen molar-refractivity contribution in [2.45, 2.75) is 64.5 Å². The molecule has 1 aromatic heterocycles. The summed E-state index contributed by atoms with van der Waals surface area (Å²) in [6, 6.07) is 8.53. The summed E-state index contributed by atoms with van der Waals surface area (Å²) in [6.07, 6.45) is 7.29. The summed E-state index contributed by atoms with van der Waals surface area (Å²) in [5.41, 5.74) is 2.12. The highest BCUT2D eigenvalue weighted by Crippen LogP contribution is 2.40. The van der Waals surface area contributed by atoms with Gasteiger partial charge in [0, 0.05) is 34.0 Å². The van der Waals surface area contributed by atoms with Gasteiger partial charge in [0.2, 0.25) is 0 Å². The largest absolute Gasteiger partial charge is 0.412 e. The average molecular weight is 490 g/mol. The predicted molar refractivity (Wildman–Crippen MR) is 138 cm³/mol. The molecule has 2 aromatic rings. The standard InChI is InChI=1S/C27H34F3N3S/c1-4-10-23(27(28,29)30)11-8-6-5-7-9-15-32-26-33-24(19(2)3)25(34-26)21-12-13-22-18-31-16-14-20(22)17-21/h6,8,10,12-14,16-19,26,32-33H,4-5,7,9,11,15H2,1-3H3/b8-6-,23-10+. The average Bonchev–Trinajstić information content (AvgIpc) is 3.23. The molecule has 2 N–H and O–H groups in total. The molecule has 0 saturated carbocycles. The first-order valence-electron chi connectivity index (χ1n) is 12.0. The number of thioether (sulfide) groups is 1. The minimum absolute atomic E-state index is 0.0457. The van der Waals surface area contributed by atoms with Crippen molar-refractivity contribution in [1.29, 1.82) is 0 Å². The molecule has 0 aliphatic carbocycles. The predicted octanol–water partition coefficient (Wildman–Crippen LogP) is 7.78. The molecule has 0 spiro atoms. The summed E-state index contributed by atoms with van der Waals surface area (Å²) in [7, 11) is 0. The van der Waals surface area contributed by atoms with E-state index in [0.29, 0.717) is 12.3 Å². The molecule has 1 aliphatic heterocycles. The maximum absolute atomic E-state index is 12.9. The van der Waals surface area contributed by atoms with Gasteiger partial charge in [-0.3, -0.25) is 10.3 Å². The first-order valence-corrected chi connectivity index (χ1v) is 12.8. The molecule has 0 amide bonds. The van der Waals surface area contributed by atoms with E-state index in [1.807, 2.05) is 24.5 Å². The lowest BCUT2D eigenvalue weighted by molar-refractivity contribution is -0.0931. The first kappa shape index (κ1) is 26.4. The van der Waals surface area contributed by atoms with E-state index in [-0.39, 0.29) is 11.9 Å². The molecule has 0 saturated heterocycles. The number of benzene rings is 1. The lowest BCUT2D eigenvalue weighted by Crippen LogP contribution is -2.37. The van der Waals surface area contributed by atoms with Gasteiger partial charge >= 0.3 is 6.18 Å². The molecule has 1 unspecified atom stereocenters. The number of halogens is 3. The highest BCUT2D eigenvalue weighted by Gasteiger charge is 2.31. The van der Waals surface area contributed by atoms with Gasteiger partial charge in [-0.05, 0) is 67.6 Å². The Morgan fingerprint density at radius 3 is 2.74 bits per heavy atom. The second-order valence-electron chi connectivity index (χ2n) is 8.74. The van der Waals surface area contributed by atoms with Gasteiger partial charge in [-0.1, -0.05) is 62.9 Å². The summed E-state index contributed by atoms with van der Waals surface area (Å²) < 4.78 is 38.7. The van der Waals surface area contributed by atoms with Crippen molar-refractivity contribution >= 4 is 27.4 Å². The van der Waals surface area contributed by atoms with E-state index in [2.05, 4.69) is 47.7 Å². The molecule has 3 rings (SSSR count). The number of nitrogens with zero attached hydrogens (tertiary/aromatic N) is 1. The van der Waals surface area contributed by atoms with Gasteiger partial charge in [0.25, 0.3) is 0 Å². The van der Waals surface area contributed by atoms with Crippen LogP contribution in [-0.4, -0.2) is 23.2 Å². The zero-order valence-corrected chi connectivity index (χ0v) is 20.9. The second kappa shape index (κ2) is 12.5. The van der Waals surface area contributed by atoms with E-state index in [1.165, 1.54) is 27.6 Å². The third kappa shape index (κ3) is 7.37. The van der Waals surface area contributed by atoms with Crippen molar-refractivity contribution in [3.63, 3.8) is 0 Å². The summed E-state index contributed by atoms with van der Waals surface area (Å²) in [5.74, 6) is 0.385. The molecule has 0 fully saturated rings. The smallest absolute Gasteiger partial charge is 0.363 e. The highest BCUT2D eigenvalue weighted by atomic mass is 32.2. The zero-order valence-electron chi connectivity index (χ0n) is 20.1. The van der Waals surface area contributed by atoms with E-state index >= 15 is 0 Å². The quantitative estimate of drug-likeness (QED) is 0.250. The van der Waals surface area contributed by atoms with Crippen LogP contribution in [0.2, 0.25) is 0 Å². The van der Waals surface area contributed by atoms with Crippen molar-refractivity contribution in [2.24, 2.45) is 5.92 Å². The van der Waals surface area contributed by atoms with Crippen LogP contribution >= 0.6 is 11.8 Å². The maximum atomic E-state index is 12.9. The van der Waals surface area contributed by atoms with Crippen LogP contribution in [0.5, 0.6) is 0 Å². The van der Waals surface area contributed by atoms with Crippen LogP contribution in [0.25, 0.3) is 15.7 Å². The molecule has 34 heavy (non-hydrogen) atoms. The number of hydrogen-bond donors (Lipinski definition) is 2. The number of fused-ring (bicyclic) bond motifs is 1. The Balaban J connectivity index is 1.45. The summed E-state index contributed by atoms with van der Waals surface area (Å²) in [5, 5.41) is 9.51. The van der Waals surface area contributed by atoms with Crippen LogP contribution in [0, 0.1) is 5.92 Å². The van der Waals surface area contributed by atoms with Crippen LogP contribution in [0.4, 0.5) is 13.2 Å². The minimum atomic E-state index is -4.23.